The largest absolute Gasteiger partial charge is 0.316 e. The molecule has 0 radical (unpaired) electrons. The zero-order valence-corrected chi connectivity index (χ0v) is 14.5. The van der Waals surface area contributed by atoms with Crippen molar-refractivity contribution in [3.63, 3.8) is 0 Å². The molecular formula is C15H26N2OS2. The van der Waals surface area contributed by atoms with Gasteiger partial charge in [0.1, 0.15) is 11.8 Å². The molecule has 3 nitrogen and oxygen atoms in total. The Labute approximate surface area is 132 Å². The van der Waals surface area contributed by atoms with Crippen LogP contribution in [0.5, 0.6) is 0 Å². The molecule has 114 valence electrons. The molecular weight excluding hydrogens is 288 g/mol. The Morgan fingerprint density at radius 1 is 1.05 bits per heavy atom. The molecule has 0 bridgehead atoms. The van der Waals surface area contributed by atoms with Crippen LogP contribution in [-0.4, -0.2) is 17.4 Å². The fraction of sp³-hybridized carbons (Fsp3) is 0.733. The molecule has 0 aromatic carbocycles. The second-order valence-corrected chi connectivity index (χ2v) is 7.04. The number of carbonyl (C=O) groups excluding carboxylic acids is 1. The van der Waals surface area contributed by atoms with Crippen LogP contribution in [0.2, 0.25) is 0 Å². The fourth-order valence-corrected chi connectivity index (χ4v) is 3.90. The van der Waals surface area contributed by atoms with Crippen molar-refractivity contribution in [2.45, 2.75) is 59.3 Å². The van der Waals surface area contributed by atoms with E-state index in [1.54, 1.807) is 23.5 Å². The number of carbonyl (C=O) groups is 1. The Kier molecular flexibility index (Phi) is 13.0. The minimum atomic E-state index is -0.178. The van der Waals surface area contributed by atoms with Crippen LogP contribution < -0.4 is 5.32 Å². The van der Waals surface area contributed by atoms with E-state index >= 15 is 0 Å². The molecule has 0 aliphatic carbocycles. The van der Waals surface area contributed by atoms with E-state index in [-0.39, 0.29) is 5.91 Å². The number of unbranched alkanes of at least 4 members (excludes halogenated alkanes) is 4. The highest BCUT2D eigenvalue weighted by Crippen LogP contribution is 2.32. The summed E-state index contributed by atoms with van der Waals surface area (Å²) < 4.78 is 0.968. The molecule has 0 fully saturated rings. The second-order valence-electron chi connectivity index (χ2n) is 4.57. The average Bonchev–Trinajstić information content (AvgIpc) is 2.43. The molecule has 0 heterocycles. The van der Waals surface area contributed by atoms with Crippen molar-refractivity contribution in [1.82, 2.24) is 5.32 Å². The quantitative estimate of drug-likeness (QED) is 0.445. The standard InChI is InChI=1S/C15H26N2OS2/c1-4-6-8-10-19-15(20-11-9-7-5-2)14(12-16)17-13(3)18/h4-11H2,1-3H3,(H,17,18). The Hall–Kier alpha value is -0.600. The summed E-state index contributed by atoms with van der Waals surface area (Å²) in [6.45, 7) is 5.80. The first-order valence-corrected chi connectivity index (χ1v) is 9.30. The lowest BCUT2D eigenvalue weighted by Crippen LogP contribution is -2.19. The van der Waals surface area contributed by atoms with E-state index in [0.717, 1.165) is 28.6 Å². The SMILES string of the molecule is CCCCCSC(SCCCCC)=C(C#N)NC(C)=O. The number of nitriles is 1. The fourth-order valence-electron chi connectivity index (χ4n) is 1.52. The van der Waals surface area contributed by atoms with Crippen molar-refractivity contribution in [3.05, 3.63) is 9.93 Å². The predicted octanol–water partition coefficient (Wildman–Crippen LogP) is 4.66. The van der Waals surface area contributed by atoms with Crippen molar-refractivity contribution in [3.8, 4) is 6.07 Å². The van der Waals surface area contributed by atoms with Gasteiger partial charge in [0.2, 0.25) is 5.91 Å². The molecule has 0 saturated heterocycles. The molecule has 0 spiro atoms. The summed E-state index contributed by atoms with van der Waals surface area (Å²) in [6.07, 6.45) is 7.11. The van der Waals surface area contributed by atoms with Crippen LogP contribution in [0.15, 0.2) is 9.93 Å². The van der Waals surface area contributed by atoms with Gasteiger partial charge < -0.3 is 5.32 Å². The summed E-state index contributed by atoms with van der Waals surface area (Å²) in [6, 6.07) is 2.12. The zero-order chi connectivity index (χ0) is 15.2. The molecule has 20 heavy (non-hydrogen) atoms. The van der Waals surface area contributed by atoms with Gasteiger partial charge in [-0.1, -0.05) is 39.5 Å². The van der Waals surface area contributed by atoms with E-state index in [1.807, 2.05) is 0 Å². The molecule has 0 aliphatic heterocycles. The third-order valence-electron chi connectivity index (χ3n) is 2.58. The van der Waals surface area contributed by atoms with Gasteiger partial charge in [0.05, 0.1) is 4.24 Å². The number of allylic oxidation sites excluding steroid dienone is 1. The van der Waals surface area contributed by atoms with Gasteiger partial charge in [0.25, 0.3) is 0 Å². The summed E-state index contributed by atoms with van der Waals surface area (Å²) >= 11 is 3.40. The van der Waals surface area contributed by atoms with Crippen LogP contribution in [0.3, 0.4) is 0 Å². The summed E-state index contributed by atoms with van der Waals surface area (Å²) in [7, 11) is 0. The topological polar surface area (TPSA) is 52.9 Å². The van der Waals surface area contributed by atoms with Crippen LogP contribution in [0.4, 0.5) is 0 Å². The Bertz CT molecular complexity index is 334. The highest BCUT2D eigenvalue weighted by Gasteiger charge is 2.09. The van der Waals surface area contributed by atoms with Crippen molar-refractivity contribution in [2.75, 3.05) is 11.5 Å². The molecule has 0 aromatic rings. The number of amides is 1. The first-order valence-electron chi connectivity index (χ1n) is 7.33. The van der Waals surface area contributed by atoms with Gasteiger partial charge in [-0.3, -0.25) is 4.79 Å². The van der Waals surface area contributed by atoms with Crippen LogP contribution in [0.1, 0.15) is 59.3 Å². The maximum absolute atomic E-state index is 11.2. The Morgan fingerprint density at radius 3 is 1.90 bits per heavy atom. The van der Waals surface area contributed by atoms with Gasteiger partial charge >= 0.3 is 0 Å². The Morgan fingerprint density at radius 2 is 1.55 bits per heavy atom. The molecule has 0 unspecified atom stereocenters. The second kappa shape index (κ2) is 13.4. The van der Waals surface area contributed by atoms with Crippen molar-refractivity contribution >= 4 is 29.4 Å². The van der Waals surface area contributed by atoms with E-state index in [9.17, 15) is 10.1 Å². The number of nitrogens with one attached hydrogen (secondary N) is 1. The number of rotatable bonds is 11. The van der Waals surface area contributed by atoms with Crippen LogP contribution in [-0.2, 0) is 4.79 Å². The van der Waals surface area contributed by atoms with Crippen molar-refractivity contribution in [2.24, 2.45) is 0 Å². The predicted molar refractivity (Wildman–Crippen MR) is 90.4 cm³/mol. The highest BCUT2D eigenvalue weighted by atomic mass is 32.2. The third-order valence-corrected chi connectivity index (χ3v) is 5.20. The highest BCUT2D eigenvalue weighted by molar-refractivity contribution is 8.22. The minimum Gasteiger partial charge on any atom is -0.316 e. The summed E-state index contributed by atoms with van der Waals surface area (Å²) in [4.78, 5) is 11.2. The van der Waals surface area contributed by atoms with Crippen molar-refractivity contribution in [1.29, 1.82) is 5.26 Å². The number of hydrogen-bond donors (Lipinski definition) is 1. The molecule has 0 atom stereocenters. The van der Waals surface area contributed by atoms with Gasteiger partial charge in [-0.15, -0.1) is 23.5 Å². The monoisotopic (exact) mass is 314 g/mol. The summed E-state index contributed by atoms with van der Waals surface area (Å²) in [5.74, 6) is 1.84. The Balaban J connectivity index is 4.52. The molecule has 0 rings (SSSR count). The third kappa shape index (κ3) is 10.2. The number of hydrogen-bond acceptors (Lipinski definition) is 4. The smallest absolute Gasteiger partial charge is 0.221 e. The van der Waals surface area contributed by atoms with E-state index in [0.29, 0.717) is 5.70 Å². The van der Waals surface area contributed by atoms with Crippen LogP contribution >= 0.6 is 23.5 Å². The number of nitrogens with zero attached hydrogens (tertiary/aromatic N) is 1. The molecule has 1 N–H and O–H groups in total. The first-order chi connectivity index (χ1) is 9.65. The molecule has 0 aromatic heterocycles. The molecule has 1 amide bonds. The lowest BCUT2D eigenvalue weighted by atomic mass is 10.3. The maximum Gasteiger partial charge on any atom is 0.221 e. The van der Waals surface area contributed by atoms with Crippen LogP contribution in [0.25, 0.3) is 0 Å². The van der Waals surface area contributed by atoms with Crippen molar-refractivity contribution < 1.29 is 4.79 Å². The van der Waals surface area contributed by atoms with E-state index in [4.69, 9.17) is 0 Å². The average molecular weight is 315 g/mol. The van der Waals surface area contributed by atoms with Gasteiger partial charge in [0.15, 0.2) is 0 Å². The lowest BCUT2D eigenvalue weighted by molar-refractivity contribution is -0.118. The van der Waals surface area contributed by atoms with Gasteiger partial charge in [-0.05, 0) is 24.3 Å². The maximum atomic E-state index is 11.2. The number of thioether (sulfide) groups is 2. The van der Waals surface area contributed by atoms with Gasteiger partial charge in [0, 0.05) is 6.92 Å². The zero-order valence-electron chi connectivity index (χ0n) is 12.8. The normalized spacial score (nSPS) is 9.90. The minimum absolute atomic E-state index is 0.178. The molecule has 0 aliphatic rings. The summed E-state index contributed by atoms with van der Waals surface area (Å²) in [5, 5.41) is 11.9. The first kappa shape index (κ1) is 19.4. The van der Waals surface area contributed by atoms with E-state index in [2.05, 4.69) is 25.2 Å². The van der Waals surface area contributed by atoms with E-state index < -0.39 is 0 Å². The molecule has 0 saturated carbocycles. The van der Waals surface area contributed by atoms with E-state index in [1.165, 1.54) is 32.6 Å². The van der Waals surface area contributed by atoms with Gasteiger partial charge in [-0.2, -0.15) is 5.26 Å². The van der Waals surface area contributed by atoms with Crippen LogP contribution in [0, 0.1) is 11.3 Å². The summed E-state index contributed by atoms with van der Waals surface area (Å²) in [5.41, 5.74) is 0.417. The van der Waals surface area contributed by atoms with Gasteiger partial charge in [-0.25, -0.2) is 0 Å². The molecule has 5 heteroatoms. The lowest BCUT2D eigenvalue weighted by Gasteiger charge is -2.10.